The number of carbonyl (C=O) groups excluding carboxylic acids is 1. The molecule has 0 atom stereocenters. The molecule has 0 saturated heterocycles. The Kier molecular flexibility index (Phi) is 3.62. The van der Waals surface area contributed by atoms with Crippen molar-refractivity contribution < 1.29 is 14.3 Å². The third kappa shape index (κ3) is 2.92. The number of amides is 1. The summed E-state index contributed by atoms with van der Waals surface area (Å²) < 4.78 is 10.6. The van der Waals surface area contributed by atoms with E-state index in [1.807, 2.05) is 0 Å². The number of hydrazone groups is 1. The lowest BCUT2D eigenvalue weighted by molar-refractivity contribution is 0.0955. The average molecular weight is 336 g/mol. The van der Waals surface area contributed by atoms with Gasteiger partial charge in [-0.2, -0.15) is 5.10 Å². The zero-order valence-electron chi connectivity index (χ0n) is 12.9. The lowest BCUT2D eigenvalue weighted by Crippen LogP contribution is -2.19. The number of nitrogens with one attached hydrogen (secondary N) is 2. The van der Waals surface area contributed by atoms with Gasteiger partial charge < -0.3 is 14.5 Å². The molecule has 0 fully saturated rings. The second-order valence-corrected chi connectivity index (χ2v) is 5.28. The highest BCUT2D eigenvalue weighted by atomic mass is 16.7. The molecule has 124 valence electrons. The standard InChI is InChI=1S/C17H12N4O4/c22-16-12(8-19-21-17(23)10-1-3-18-4-2-10)5-11-6-14-15(25-9-24-14)7-13(11)20-16/h1-8H,9H2,(H,20,22)(H,21,23)/b19-8-. The Hall–Kier alpha value is -3.68. The van der Waals surface area contributed by atoms with Crippen LogP contribution >= 0.6 is 0 Å². The maximum atomic E-state index is 12.1. The van der Waals surface area contributed by atoms with Crippen molar-refractivity contribution in [2.45, 2.75) is 0 Å². The van der Waals surface area contributed by atoms with Crippen molar-refractivity contribution in [3.8, 4) is 11.5 Å². The minimum atomic E-state index is -0.390. The van der Waals surface area contributed by atoms with Crippen LogP contribution in [0.1, 0.15) is 15.9 Å². The van der Waals surface area contributed by atoms with Gasteiger partial charge in [0, 0.05) is 29.4 Å². The van der Waals surface area contributed by atoms with E-state index in [4.69, 9.17) is 9.47 Å². The molecular formula is C17H12N4O4. The first-order valence-corrected chi connectivity index (χ1v) is 7.41. The fraction of sp³-hybridized carbons (Fsp3) is 0.0588. The summed E-state index contributed by atoms with van der Waals surface area (Å²) in [6.07, 6.45) is 4.32. The Balaban J connectivity index is 1.59. The van der Waals surface area contributed by atoms with Crippen LogP contribution in [-0.4, -0.2) is 28.9 Å². The number of pyridine rings is 2. The van der Waals surface area contributed by atoms with Crippen molar-refractivity contribution in [2.24, 2.45) is 5.10 Å². The molecule has 1 aromatic carbocycles. The van der Waals surface area contributed by atoms with E-state index >= 15 is 0 Å². The molecule has 0 aliphatic carbocycles. The highest BCUT2D eigenvalue weighted by molar-refractivity contribution is 5.95. The number of H-pyrrole nitrogens is 1. The van der Waals surface area contributed by atoms with Gasteiger partial charge in [-0.1, -0.05) is 0 Å². The zero-order valence-corrected chi connectivity index (χ0v) is 12.9. The molecule has 25 heavy (non-hydrogen) atoms. The first-order chi connectivity index (χ1) is 12.2. The number of ether oxygens (including phenoxy) is 2. The van der Waals surface area contributed by atoms with Crippen LogP contribution in [0.25, 0.3) is 10.9 Å². The predicted octanol–water partition coefficient (Wildman–Crippen LogP) is 1.42. The number of nitrogens with zero attached hydrogens (tertiary/aromatic N) is 2. The van der Waals surface area contributed by atoms with E-state index in [9.17, 15) is 9.59 Å². The lowest BCUT2D eigenvalue weighted by Gasteiger charge is -2.02. The molecule has 0 unspecified atom stereocenters. The van der Waals surface area contributed by atoms with Gasteiger partial charge in [0.2, 0.25) is 6.79 Å². The number of carbonyl (C=O) groups is 1. The topological polar surface area (TPSA) is 106 Å². The Morgan fingerprint density at radius 2 is 1.96 bits per heavy atom. The summed E-state index contributed by atoms with van der Waals surface area (Å²) in [6.45, 7) is 0.158. The number of benzene rings is 1. The lowest BCUT2D eigenvalue weighted by atomic mass is 10.1. The molecule has 2 N–H and O–H groups in total. The van der Waals surface area contributed by atoms with Crippen molar-refractivity contribution in [1.29, 1.82) is 0 Å². The number of aromatic nitrogens is 2. The van der Waals surface area contributed by atoms with Crippen molar-refractivity contribution in [3.63, 3.8) is 0 Å². The highest BCUT2D eigenvalue weighted by Gasteiger charge is 2.15. The summed E-state index contributed by atoms with van der Waals surface area (Å²) in [4.78, 5) is 30.6. The van der Waals surface area contributed by atoms with Crippen molar-refractivity contribution >= 4 is 23.0 Å². The maximum Gasteiger partial charge on any atom is 0.271 e. The molecule has 1 aliphatic heterocycles. The Bertz CT molecular complexity index is 1040. The average Bonchev–Trinajstić information content (AvgIpc) is 3.08. The molecule has 3 aromatic rings. The summed E-state index contributed by atoms with van der Waals surface area (Å²) in [5, 5.41) is 4.61. The van der Waals surface area contributed by atoms with Crippen LogP contribution in [0.5, 0.6) is 11.5 Å². The van der Waals surface area contributed by atoms with Crippen LogP contribution < -0.4 is 20.5 Å². The minimum absolute atomic E-state index is 0.158. The van der Waals surface area contributed by atoms with E-state index in [2.05, 4.69) is 20.5 Å². The third-order valence-corrected chi connectivity index (χ3v) is 3.68. The van der Waals surface area contributed by atoms with E-state index in [1.54, 1.807) is 30.3 Å². The number of fused-ring (bicyclic) bond motifs is 2. The van der Waals surface area contributed by atoms with Gasteiger partial charge in [0.1, 0.15) is 0 Å². The van der Waals surface area contributed by atoms with E-state index < -0.39 is 0 Å². The summed E-state index contributed by atoms with van der Waals surface area (Å²) in [7, 11) is 0. The number of hydrogen-bond donors (Lipinski definition) is 2. The number of rotatable bonds is 3. The molecule has 4 rings (SSSR count). The molecule has 0 spiro atoms. The summed E-state index contributed by atoms with van der Waals surface area (Å²) in [5.74, 6) is 0.821. The first-order valence-electron chi connectivity index (χ1n) is 7.41. The smallest absolute Gasteiger partial charge is 0.271 e. The van der Waals surface area contributed by atoms with Crippen LogP contribution in [0, 0.1) is 0 Å². The van der Waals surface area contributed by atoms with Crippen molar-refractivity contribution in [2.75, 3.05) is 6.79 Å². The van der Waals surface area contributed by atoms with Gasteiger partial charge in [0.05, 0.1) is 17.3 Å². The van der Waals surface area contributed by atoms with Crippen LogP contribution in [0.15, 0.2) is 52.6 Å². The van der Waals surface area contributed by atoms with Gasteiger partial charge in [-0.3, -0.25) is 14.6 Å². The molecule has 0 bridgehead atoms. The molecular weight excluding hydrogens is 324 g/mol. The van der Waals surface area contributed by atoms with Crippen LogP contribution in [0.4, 0.5) is 0 Å². The predicted molar refractivity (Wildman–Crippen MR) is 90.0 cm³/mol. The van der Waals surface area contributed by atoms with Gasteiger partial charge >= 0.3 is 0 Å². The van der Waals surface area contributed by atoms with Crippen molar-refractivity contribution in [1.82, 2.24) is 15.4 Å². The fourth-order valence-electron chi connectivity index (χ4n) is 2.44. The molecule has 0 saturated carbocycles. The number of aromatic amines is 1. The second kappa shape index (κ2) is 6.08. The van der Waals surface area contributed by atoms with Crippen LogP contribution in [0.3, 0.4) is 0 Å². The Labute approximate surface area is 141 Å². The SMILES string of the molecule is O=C(N/N=C\c1cc2cc3c(cc2[nH]c1=O)OCO3)c1ccncc1. The second-order valence-electron chi connectivity index (χ2n) is 5.28. The molecule has 2 aromatic heterocycles. The third-order valence-electron chi connectivity index (χ3n) is 3.68. The normalized spacial score (nSPS) is 12.6. The van der Waals surface area contributed by atoms with Gasteiger partial charge in [0.15, 0.2) is 11.5 Å². The first kappa shape index (κ1) is 14.9. The van der Waals surface area contributed by atoms with Crippen LogP contribution in [-0.2, 0) is 0 Å². The van der Waals surface area contributed by atoms with Gasteiger partial charge in [-0.15, -0.1) is 0 Å². The van der Waals surface area contributed by atoms with Gasteiger partial charge in [0.25, 0.3) is 11.5 Å². The Morgan fingerprint density at radius 3 is 2.76 bits per heavy atom. The maximum absolute atomic E-state index is 12.1. The van der Waals surface area contributed by atoms with E-state index in [1.165, 1.54) is 18.6 Å². The molecule has 8 nitrogen and oxygen atoms in total. The van der Waals surface area contributed by atoms with Crippen LogP contribution in [0.2, 0.25) is 0 Å². The number of hydrogen-bond acceptors (Lipinski definition) is 6. The Morgan fingerprint density at radius 1 is 1.20 bits per heavy atom. The molecule has 1 aliphatic rings. The van der Waals surface area contributed by atoms with E-state index in [0.29, 0.717) is 28.1 Å². The monoisotopic (exact) mass is 336 g/mol. The minimum Gasteiger partial charge on any atom is -0.454 e. The van der Waals surface area contributed by atoms with Gasteiger partial charge in [-0.25, -0.2) is 5.43 Å². The quantitative estimate of drug-likeness (QED) is 0.556. The highest BCUT2D eigenvalue weighted by Crippen LogP contribution is 2.35. The fourth-order valence-corrected chi connectivity index (χ4v) is 2.44. The summed E-state index contributed by atoms with van der Waals surface area (Å²) in [5.41, 5.74) is 3.41. The van der Waals surface area contributed by atoms with E-state index in [0.717, 1.165) is 5.39 Å². The summed E-state index contributed by atoms with van der Waals surface area (Å²) in [6, 6.07) is 8.29. The zero-order chi connectivity index (χ0) is 17.2. The molecule has 1 amide bonds. The molecule has 8 heteroatoms. The van der Waals surface area contributed by atoms with E-state index in [-0.39, 0.29) is 18.3 Å². The van der Waals surface area contributed by atoms with Crippen molar-refractivity contribution in [3.05, 3.63) is 64.2 Å². The molecule has 3 heterocycles. The largest absolute Gasteiger partial charge is 0.454 e. The summed E-state index contributed by atoms with van der Waals surface area (Å²) >= 11 is 0. The molecule has 0 radical (unpaired) electrons. The van der Waals surface area contributed by atoms with Gasteiger partial charge in [-0.05, 0) is 24.3 Å².